The molecular weight excluding hydrogens is 216 g/mol. The monoisotopic (exact) mass is 236 g/mol. The third-order valence-corrected chi connectivity index (χ3v) is 4.11. The highest BCUT2D eigenvalue weighted by atomic mass is 32.2. The highest BCUT2D eigenvalue weighted by Crippen LogP contribution is 2.33. The molecule has 1 aliphatic rings. The average molecular weight is 236 g/mol. The van der Waals surface area contributed by atoms with E-state index < -0.39 is 21.5 Å². The molecule has 15 heavy (non-hydrogen) atoms. The molecule has 0 aromatic rings. The predicted molar refractivity (Wildman–Crippen MR) is 58.4 cm³/mol. The van der Waals surface area contributed by atoms with Gasteiger partial charge in [-0.15, -0.1) is 0 Å². The van der Waals surface area contributed by atoms with Crippen molar-refractivity contribution in [2.45, 2.75) is 50.2 Å². The maximum Gasteiger partial charge on any atom is 0.147 e. The van der Waals surface area contributed by atoms with Crippen LogP contribution in [0.3, 0.4) is 0 Å². The lowest BCUT2D eigenvalue weighted by Crippen LogP contribution is -2.39. The molecule has 1 atom stereocenters. The van der Waals surface area contributed by atoms with Crippen molar-refractivity contribution >= 4 is 9.84 Å². The number of aliphatic hydroxyl groups excluding tert-OH is 1. The lowest BCUT2D eigenvalue weighted by Gasteiger charge is -2.28. The van der Waals surface area contributed by atoms with Crippen molar-refractivity contribution in [3.8, 4) is 0 Å². The van der Waals surface area contributed by atoms with Crippen molar-refractivity contribution in [1.29, 1.82) is 0 Å². The third-order valence-electron chi connectivity index (χ3n) is 3.08. The Bertz CT molecular complexity index is 291. The van der Waals surface area contributed by atoms with Crippen molar-refractivity contribution in [1.82, 2.24) is 0 Å². The molecule has 0 aromatic heterocycles. The number of sulfone groups is 1. The highest BCUT2D eigenvalue weighted by molar-refractivity contribution is 7.90. The van der Waals surface area contributed by atoms with Crippen LogP contribution in [0, 0.1) is 0 Å². The van der Waals surface area contributed by atoms with Crippen LogP contribution in [-0.4, -0.2) is 42.3 Å². The molecule has 1 fully saturated rings. The van der Waals surface area contributed by atoms with Gasteiger partial charge in [0.2, 0.25) is 0 Å². The summed E-state index contributed by atoms with van der Waals surface area (Å²) in [4.78, 5) is 0. The van der Waals surface area contributed by atoms with E-state index in [0.717, 1.165) is 12.8 Å². The minimum atomic E-state index is -2.96. The van der Waals surface area contributed by atoms with Gasteiger partial charge in [0.15, 0.2) is 0 Å². The molecule has 0 saturated heterocycles. The molecule has 0 heterocycles. The summed E-state index contributed by atoms with van der Waals surface area (Å²) in [5.41, 5.74) is -0.961. The molecule has 0 spiro atoms. The van der Waals surface area contributed by atoms with Gasteiger partial charge in [-0.1, -0.05) is 12.8 Å². The molecule has 5 heteroatoms. The fraction of sp³-hybridized carbons (Fsp3) is 1.00. The zero-order valence-electron chi connectivity index (χ0n) is 9.15. The lowest BCUT2D eigenvalue weighted by molar-refractivity contribution is -0.0729. The van der Waals surface area contributed by atoms with E-state index in [9.17, 15) is 18.6 Å². The van der Waals surface area contributed by atoms with Gasteiger partial charge in [0.05, 0.1) is 11.7 Å². The highest BCUT2D eigenvalue weighted by Gasteiger charge is 2.37. The Kier molecular flexibility index (Phi) is 4.14. The van der Waals surface area contributed by atoms with Gasteiger partial charge in [0, 0.05) is 12.0 Å². The van der Waals surface area contributed by atoms with Crippen molar-refractivity contribution in [2.75, 3.05) is 12.0 Å². The summed E-state index contributed by atoms with van der Waals surface area (Å²) >= 11 is 0. The summed E-state index contributed by atoms with van der Waals surface area (Å²) in [6, 6.07) is 0. The van der Waals surface area contributed by atoms with E-state index in [2.05, 4.69) is 0 Å². The van der Waals surface area contributed by atoms with E-state index in [0.29, 0.717) is 25.7 Å². The van der Waals surface area contributed by atoms with E-state index in [1.807, 2.05) is 0 Å². The van der Waals surface area contributed by atoms with Gasteiger partial charge in [-0.25, -0.2) is 8.42 Å². The second-order valence-electron chi connectivity index (χ2n) is 4.60. The fourth-order valence-corrected chi connectivity index (χ4v) is 2.82. The van der Waals surface area contributed by atoms with Crippen LogP contribution in [0.25, 0.3) is 0 Å². The summed E-state index contributed by atoms with van der Waals surface area (Å²) < 4.78 is 21.7. The normalized spacial score (nSPS) is 22.9. The van der Waals surface area contributed by atoms with Gasteiger partial charge in [-0.3, -0.25) is 0 Å². The second-order valence-corrected chi connectivity index (χ2v) is 6.86. The Hall–Kier alpha value is -0.130. The first-order valence-corrected chi connectivity index (χ1v) is 7.48. The molecule has 1 unspecified atom stereocenters. The van der Waals surface area contributed by atoms with E-state index in [1.165, 1.54) is 6.26 Å². The summed E-state index contributed by atoms with van der Waals surface area (Å²) in [6.45, 7) is 0. The maximum absolute atomic E-state index is 10.9. The van der Waals surface area contributed by atoms with Crippen LogP contribution in [0.1, 0.15) is 38.5 Å². The topological polar surface area (TPSA) is 74.6 Å². The van der Waals surface area contributed by atoms with Crippen LogP contribution < -0.4 is 0 Å². The quantitative estimate of drug-likeness (QED) is 0.728. The van der Waals surface area contributed by atoms with Crippen LogP contribution in [0.5, 0.6) is 0 Å². The first-order chi connectivity index (χ1) is 6.83. The minimum Gasteiger partial charge on any atom is -0.390 e. The largest absolute Gasteiger partial charge is 0.390 e. The van der Waals surface area contributed by atoms with E-state index in [4.69, 9.17) is 0 Å². The molecule has 90 valence electrons. The standard InChI is InChI=1S/C10H20O4S/c1-15(13,14)8-4-5-9(11)10(12)6-2-3-7-10/h9,11-12H,2-8H2,1H3. The molecule has 2 N–H and O–H groups in total. The van der Waals surface area contributed by atoms with E-state index in [1.54, 1.807) is 0 Å². The van der Waals surface area contributed by atoms with Crippen molar-refractivity contribution in [3.05, 3.63) is 0 Å². The lowest BCUT2D eigenvalue weighted by atomic mass is 9.92. The number of hydrogen-bond acceptors (Lipinski definition) is 4. The van der Waals surface area contributed by atoms with Crippen LogP contribution in [-0.2, 0) is 9.84 Å². The first-order valence-electron chi connectivity index (χ1n) is 5.42. The van der Waals surface area contributed by atoms with Crippen LogP contribution in [0.2, 0.25) is 0 Å². The van der Waals surface area contributed by atoms with Crippen molar-refractivity contribution < 1.29 is 18.6 Å². The molecule has 0 bridgehead atoms. The van der Waals surface area contributed by atoms with Crippen LogP contribution in [0.4, 0.5) is 0 Å². The molecule has 0 aliphatic heterocycles. The van der Waals surface area contributed by atoms with E-state index >= 15 is 0 Å². The van der Waals surface area contributed by atoms with Crippen molar-refractivity contribution in [2.24, 2.45) is 0 Å². The maximum atomic E-state index is 10.9. The third kappa shape index (κ3) is 4.09. The molecule has 1 rings (SSSR count). The summed E-state index contributed by atoms with van der Waals surface area (Å²) in [6.07, 6.45) is 4.34. The van der Waals surface area contributed by atoms with Crippen LogP contribution >= 0.6 is 0 Å². The van der Waals surface area contributed by atoms with Crippen LogP contribution in [0.15, 0.2) is 0 Å². The summed E-state index contributed by atoms with van der Waals surface area (Å²) in [5, 5.41) is 19.7. The second kappa shape index (κ2) is 4.80. The first kappa shape index (κ1) is 12.9. The van der Waals surface area contributed by atoms with Gasteiger partial charge in [0.25, 0.3) is 0 Å². The average Bonchev–Trinajstić information content (AvgIpc) is 2.51. The zero-order chi connectivity index (χ0) is 11.5. The van der Waals surface area contributed by atoms with Gasteiger partial charge >= 0.3 is 0 Å². The minimum absolute atomic E-state index is 0.0835. The van der Waals surface area contributed by atoms with Crippen molar-refractivity contribution in [3.63, 3.8) is 0 Å². The number of hydrogen-bond donors (Lipinski definition) is 2. The van der Waals surface area contributed by atoms with Gasteiger partial charge < -0.3 is 10.2 Å². The number of aliphatic hydroxyl groups is 2. The summed E-state index contributed by atoms with van der Waals surface area (Å²) in [7, 11) is -2.96. The molecule has 1 aliphatic carbocycles. The van der Waals surface area contributed by atoms with Gasteiger partial charge in [-0.05, 0) is 25.7 Å². The van der Waals surface area contributed by atoms with Gasteiger partial charge in [-0.2, -0.15) is 0 Å². The summed E-state index contributed by atoms with van der Waals surface area (Å²) in [5.74, 6) is 0.0835. The molecule has 1 saturated carbocycles. The molecule has 0 aromatic carbocycles. The Labute approximate surface area is 91.2 Å². The predicted octanol–water partition coefficient (Wildman–Crippen LogP) is 0.477. The molecule has 4 nitrogen and oxygen atoms in total. The molecular formula is C10H20O4S. The van der Waals surface area contributed by atoms with Gasteiger partial charge in [0.1, 0.15) is 9.84 Å². The molecule has 0 amide bonds. The zero-order valence-corrected chi connectivity index (χ0v) is 9.96. The SMILES string of the molecule is CS(=O)(=O)CCCC(O)C1(O)CCCC1. The number of rotatable bonds is 5. The smallest absolute Gasteiger partial charge is 0.147 e. The fourth-order valence-electron chi connectivity index (χ4n) is 2.13. The Morgan fingerprint density at radius 3 is 2.33 bits per heavy atom. The Morgan fingerprint density at radius 2 is 1.87 bits per heavy atom. The molecule has 0 radical (unpaired) electrons. The van der Waals surface area contributed by atoms with E-state index in [-0.39, 0.29) is 5.75 Å². The Morgan fingerprint density at radius 1 is 1.33 bits per heavy atom. The Balaban J connectivity index is 2.32.